The van der Waals surface area contributed by atoms with Crippen molar-refractivity contribution in [3.63, 3.8) is 0 Å². The van der Waals surface area contributed by atoms with Gasteiger partial charge in [-0.2, -0.15) is 5.26 Å². The lowest BCUT2D eigenvalue weighted by atomic mass is 10.0. The van der Waals surface area contributed by atoms with Crippen LogP contribution in [0, 0.1) is 11.3 Å². The van der Waals surface area contributed by atoms with Crippen molar-refractivity contribution in [3.05, 3.63) is 28.8 Å². The lowest BCUT2D eigenvalue weighted by Crippen LogP contribution is -2.10. The van der Waals surface area contributed by atoms with Crippen LogP contribution in [0.3, 0.4) is 0 Å². The smallest absolute Gasteiger partial charge is 0.310 e. The number of aliphatic hydroxyl groups excluding tert-OH is 1. The van der Waals surface area contributed by atoms with Gasteiger partial charge < -0.3 is 14.6 Å². The molecule has 5 heteroatoms. The van der Waals surface area contributed by atoms with Crippen LogP contribution < -0.4 is 4.74 Å². The molecule has 1 N–H and O–H groups in total. The second-order valence-corrected chi connectivity index (χ2v) is 3.57. The maximum Gasteiger partial charge on any atom is 0.310 e. The van der Waals surface area contributed by atoms with Crippen molar-refractivity contribution in [2.45, 2.75) is 20.0 Å². The fourth-order valence-corrected chi connectivity index (χ4v) is 1.65. The Labute approximate surface area is 106 Å². The van der Waals surface area contributed by atoms with Gasteiger partial charge in [-0.25, -0.2) is 0 Å². The van der Waals surface area contributed by atoms with Gasteiger partial charge in [0.25, 0.3) is 0 Å². The van der Waals surface area contributed by atoms with Crippen molar-refractivity contribution < 1.29 is 19.4 Å². The van der Waals surface area contributed by atoms with Gasteiger partial charge in [-0.1, -0.05) is 0 Å². The molecule has 0 aliphatic heterocycles. The van der Waals surface area contributed by atoms with Gasteiger partial charge in [0.15, 0.2) is 0 Å². The molecule has 0 heterocycles. The van der Waals surface area contributed by atoms with E-state index in [-0.39, 0.29) is 13.0 Å². The summed E-state index contributed by atoms with van der Waals surface area (Å²) in [6, 6.07) is 5.07. The summed E-state index contributed by atoms with van der Waals surface area (Å²) in [5.74, 6) is 0.000177. The minimum atomic E-state index is -0.399. The molecular formula is C13H15NO4. The first kappa shape index (κ1) is 14.0. The number of rotatable bonds is 5. The number of carbonyl (C=O) groups is 1. The number of nitrogens with zero attached hydrogens (tertiary/aromatic N) is 1. The highest BCUT2D eigenvalue weighted by molar-refractivity contribution is 5.73. The third-order valence-corrected chi connectivity index (χ3v) is 2.45. The van der Waals surface area contributed by atoms with E-state index in [4.69, 9.17) is 14.7 Å². The van der Waals surface area contributed by atoms with Gasteiger partial charge in [-0.3, -0.25) is 4.79 Å². The number of nitriles is 1. The summed E-state index contributed by atoms with van der Waals surface area (Å²) in [6.07, 6.45) is 0.00954. The van der Waals surface area contributed by atoms with Crippen LogP contribution in [0.15, 0.2) is 12.1 Å². The van der Waals surface area contributed by atoms with E-state index in [1.54, 1.807) is 13.0 Å². The van der Waals surface area contributed by atoms with Gasteiger partial charge in [0.05, 0.1) is 38.4 Å². The van der Waals surface area contributed by atoms with Gasteiger partial charge in [-0.05, 0) is 24.6 Å². The number of methoxy groups -OCH3 is 1. The van der Waals surface area contributed by atoms with Crippen molar-refractivity contribution in [1.29, 1.82) is 5.26 Å². The van der Waals surface area contributed by atoms with E-state index in [9.17, 15) is 9.90 Å². The number of aliphatic hydroxyl groups is 1. The van der Waals surface area contributed by atoms with E-state index >= 15 is 0 Å². The lowest BCUT2D eigenvalue weighted by Gasteiger charge is -2.12. The molecule has 0 bridgehead atoms. The Balaban J connectivity index is 3.15. The zero-order valence-corrected chi connectivity index (χ0v) is 10.4. The molecule has 0 aliphatic carbocycles. The van der Waals surface area contributed by atoms with Gasteiger partial charge in [-0.15, -0.1) is 0 Å². The second kappa shape index (κ2) is 6.62. The number of esters is 1. The van der Waals surface area contributed by atoms with Gasteiger partial charge >= 0.3 is 5.97 Å². The minimum absolute atomic E-state index is 0.00954. The molecule has 0 amide bonds. The molecule has 1 rings (SSSR count). The number of benzene rings is 1. The van der Waals surface area contributed by atoms with Crippen LogP contribution in [-0.2, 0) is 22.6 Å². The molecular weight excluding hydrogens is 234 g/mol. The topological polar surface area (TPSA) is 79.6 Å². The zero-order valence-electron chi connectivity index (χ0n) is 10.4. The van der Waals surface area contributed by atoms with Crippen molar-refractivity contribution in [2.24, 2.45) is 0 Å². The average Bonchev–Trinajstić information content (AvgIpc) is 2.37. The number of ether oxygens (including phenoxy) is 2. The molecule has 0 aromatic heterocycles. The minimum Gasteiger partial charge on any atom is -0.496 e. The molecule has 0 spiro atoms. The van der Waals surface area contributed by atoms with Crippen LogP contribution >= 0.6 is 0 Å². The van der Waals surface area contributed by atoms with Gasteiger partial charge in [0.2, 0.25) is 0 Å². The fourth-order valence-electron chi connectivity index (χ4n) is 1.65. The normalized spacial score (nSPS) is 9.67. The third-order valence-electron chi connectivity index (χ3n) is 2.45. The summed E-state index contributed by atoms with van der Waals surface area (Å²) in [6.45, 7) is 1.75. The quantitative estimate of drug-likeness (QED) is 0.792. The maximum absolute atomic E-state index is 11.5. The predicted octanol–water partition coefficient (Wildman–Crippen LogP) is 1.16. The first-order chi connectivity index (χ1) is 8.65. The molecule has 0 aliphatic rings. The van der Waals surface area contributed by atoms with E-state index in [0.717, 1.165) is 0 Å². The van der Waals surface area contributed by atoms with E-state index < -0.39 is 5.97 Å². The van der Waals surface area contributed by atoms with Crippen LogP contribution in [0.1, 0.15) is 23.6 Å². The number of hydrogen-bond donors (Lipinski definition) is 1. The summed E-state index contributed by atoms with van der Waals surface area (Å²) in [5.41, 5.74) is 1.43. The summed E-state index contributed by atoms with van der Waals surface area (Å²) in [4.78, 5) is 11.5. The highest BCUT2D eigenvalue weighted by atomic mass is 16.5. The van der Waals surface area contributed by atoms with E-state index in [0.29, 0.717) is 29.0 Å². The van der Waals surface area contributed by atoms with Crippen LogP contribution in [0.5, 0.6) is 5.75 Å². The molecule has 0 saturated carbocycles. The van der Waals surface area contributed by atoms with E-state index in [1.165, 1.54) is 13.2 Å². The van der Waals surface area contributed by atoms with Crippen LogP contribution in [-0.4, -0.2) is 24.8 Å². The van der Waals surface area contributed by atoms with Crippen molar-refractivity contribution >= 4 is 5.97 Å². The van der Waals surface area contributed by atoms with Gasteiger partial charge in [0, 0.05) is 5.56 Å². The van der Waals surface area contributed by atoms with Crippen molar-refractivity contribution in [3.8, 4) is 11.8 Å². The molecule has 0 atom stereocenters. The molecule has 1 aromatic carbocycles. The van der Waals surface area contributed by atoms with Gasteiger partial charge in [0.1, 0.15) is 5.75 Å². The average molecular weight is 249 g/mol. The molecule has 18 heavy (non-hydrogen) atoms. The highest BCUT2D eigenvalue weighted by Gasteiger charge is 2.14. The fraction of sp³-hybridized carbons (Fsp3) is 0.385. The van der Waals surface area contributed by atoms with Crippen LogP contribution in [0.2, 0.25) is 0 Å². The Morgan fingerprint density at radius 3 is 2.72 bits per heavy atom. The van der Waals surface area contributed by atoms with Crippen molar-refractivity contribution in [2.75, 3.05) is 13.7 Å². The number of hydrogen-bond acceptors (Lipinski definition) is 5. The largest absolute Gasteiger partial charge is 0.496 e. The van der Waals surface area contributed by atoms with Crippen LogP contribution in [0.4, 0.5) is 0 Å². The zero-order chi connectivity index (χ0) is 13.5. The first-order valence-electron chi connectivity index (χ1n) is 5.52. The molecule has 0 saturated heterocycles. The summed E-state index contributed by atoms with van der Waals surface area (Å²) < 4.78 is 9.95. The van der Waals surface area contributed by atoms with Crippen molar-refractivity contribution in [1.82, 2.24) is 0 Å². The lowest BCUT2D eigenvalue weighted by molar-refractivity contribution is -0.142. The first-order valence-corrected chi connectivity index (χ1v) is 5.52. The Kier molecular flexibility index (Phi) is 5.15. The standard InChI is InChI=1S/C13H15NO4/c1-3-18-13(16)6-10-4-9(7-14)5-12(17-2)11(10)8-15/h4-5,15H,3,6,8H2,1-2H3. The molecule has 0 radical (unpaired) electrons. The SMILES string of the molecule is CCOC(=O)Cc1cc(C#N)cc(OC)c1CO. The highest BCUT2D eigenvalue weighted by Crippen LogP contribution is 2.25. The number of carbonyl (C=O) groups excluding carboxylic acids is 1. The predicted molar refractivity (Wildman–Crippen MR) is 64.0 cm³/mol. The van der Waals surface area contributed by atoms with E-state index in [1.807, 2.05) is 6.07 Å². The molecule has 5 nitrogen and oxygen atoms in total. The van der Waals surface area contributed by atoms with Crippen LogP contribution in [0.25, 0.3) is 0 Å². The Bertz CT molecular complexity index is 477. The monoisotopic (exact) mass is 249 g/mol. The summed E-state index contributed by atoms with van der Waals surface area (Å²) in [5, 5.41) is 18.2. The molecule has 96 valence electrons. The maximum atomic E-state index is 11.5. The summed E-state index contributed by atoms with van der Waals surface area (Å²) >= 11 is 0. The summed E-state index contributed by atoms with van der Waals surface area (Å²) in [7, 11) is 1.45. The second-order valence-electron chi connectivity index (χ2n) is 3.57. The Hall–Kier alpha value is -2.06. The Morgan fingerprint density at radius 1 is 1.50 bits per heavy atom. The Morgan fingerprint density at radius 2 is 2.22 bits per heavy atom. The molecule has 1 aromatic rings. The molecule has 0 unspecified atom stereocenters. The third kappa shape index (κ3) is 3.22. The van der Waals surface area contributed by atoms with E-state index in [2.05, 4.69) is 0 Å². The molecule has 0 fully saturated rings.